The van der Waals surface area contributed by atoms with Gasteiger partial charge in [-0.3, -0.25) is 0 Å². The van der Waals surface area contributed by atoms with E-state index in [1.54, 1.807) is 0 Å². The molecule has 0 aromatic rings. The Balaban J connectivity index is 2.17. The first-order valence-corrected chi connectivity index (χ1v) is 10.8. The summed E-state index contributed by atoms with van der Waals surface area (Å²) in [5.74, 6) is 1.44. The van der Waals surface area contributed by atoms with E-state index >= 15 is 0 Å². The normalized spacial score (nSPS) is 25.0. The third kappa shape index (κ3) is 1.22. The van der Waals surface area contributed by atoms with Crippen LogP contribution in [-0.4, -0.2) is 45.9 Å². The first-order valence-electron chi connectivity index (χ1n) is 3.64. The number of hydrogen-bond acceptors (Lipinski definition) is 4. The minimum atomic E-state index is -0.102. The van der Waals surface area contributed by atoms with Crippen LogP contribution in [0.25, 0.3) is 0 Å². The second-order valence-corrected chi connectivity index (χ2v) is 8.87. The molecule has 3 nitrogen and oxygen atoms in total. The average molecular weight is 358 g/mol. The Morgan fingerprint density at radius 3 is 2.93 bits per heavy atom. The molecular weight excluding hydrogens is 355 g/mol. The molecule has 0 fully saturated rings. The van der Waals surface area contributed by atoms with Crippen LogP contribution in [-0.2, 0) is 0 Å². The summed E-state index contributed by atoms with van der Waals surface area (Å²) in [5, 5.41) is 0. The molecule has 0 N–H and O–H groups in total. The zero-order valence-corrected chi connectivity index (χ0v) is 11.9. The SMILES string of the molecule is CN1C2=N[Se]SC2=C(F)C2=C1[N][Se]S2. The van der Waals surface area contributed by atoms with Gasteiger partial charge in [-0.25, -0.2) is 0 Å². The van der Waals surface area contributed by atoms with Gasteiger partial charge in [-0.1, -0.05) is 0 Å². The molecule has 0 aromatic heterocycles. The first-order chi connectivity index (χ1) is 6.79. The number of rotatable bonds is 0. The number of hydrogen-bond donors (Lipinski definition) is 0. The van der Waals surface area contributed by atoms with Crippen molar-refractivity contribution in [2.75, 3.05) is 7.05 Å². The van der Waals surface area contributed by atoms with Crippen molar-refractivity contribution in [1.82, 2.24) is 9.23 Å². The fraction of sp³-hybridized carbons (Fsp3) is 0.167. The number of nitrogens with zero attached hydrogens (tertiary/aromatic N) is 3. The van der Waals surface area contributed by atoms with Crippen LogP contribution in [0.4, 0.5) is 4.39 Å². The molecule has 0 saturated carbocycles. The molecule has 73 valence electrons. The number of fused-ring (bicyclic) bond motifs is 1. The number of likely N-dealkylation sites (N-methyl/N-ethyl adjacent to an activating group) is 1. The van der Waals surface area contributed by atoms with Gasteiger partial charge in [0.15, 0.2) is 0 Å². The van der Waals surface area contributed by atoms with Gasteiger partial charge in [0.25, 0.3) is 0 Å². The van der Waals surface area contributed by atoms with Crippen molar-refractivity contribution in [2.24, 2.45) is 4.01 Å². The molecule has 0 aromatic carbocycles. The van der Waals surface area contributed by atoms with Gasteiger partial charge >= 0.3 is 100 Å². The minimum absolute atomic E-state index is 0.102. The number of halogens is 1. The van der Waals surface area contributed by atoms with Gasteiger partial charge in [0.1, 0.15) is 0 Å². The third-order valence-electron chi connectivity index (χ3n) is 1.93. The van der Waals surface area contributed by atoms with Gasteiger partial charge < -0.3 is 0 Å². The van der Waals surface area contributed by atoms with Crippen LogP contribution in [0.3, 0.4) is 0 Å². The zero-order valence-electron chi connectivity index (χ0n) is 6.85. The van der Waals surface area contributed by atoms with E-state index in [-0.39, 0.29) is 33.9 Å². The molecule has 0 aliphatic carbocycles. The average Bonchev–Trinajstić information content (AvgIpc) is 2.82. The van der Waals surface area contributed by atoms with E-state index in [1.807, 2.05) is 11.9 Å². The van der Waals surface area contributed by atoms with E-state index in [9.17, 15) is 4.39 Å². The molecular formula is C6H3FN3S2Se2. The van der Waals surface area contributed by atoms with Crippen molar-refractivity contribution >= 4 is 54.3 Å². The fourth-order valence-electron chi connectivity index (χ4n) is 1.24. The Kier molecular flexibility index (Phi) is 2.39. The molecule has 3 aliphatic rings. The summed E-state index contributed by atoms with van der Waals surface area (Å²) in [5.41, 5.74) is 0. The maximum absolute atomic E-state index is 13.9. The maximum atomic E-state index is 13.9. The van der Waals surface area contributed by atoms with E-state index < -0.39 is 0 Å². The quantitative estimate of drug-likeness (QED) is 0.602. The van der Waals surface area contributed by atoms with Gasteiger partial charge in [-0.15, -0.1) is 0 Å². The zero-order chi connectivity index (χ0) is 9.71. The van der Waals surface area contributed by atoms with E-state index in [1.165, 1.54) is 20.4 Å². The predicted molar refractivity (Wildman–Crippen MR) is 59.2 cm³/mol. The van der Waals surface area contributed by atoms with Crippen LogP contribution >= 0.6 is 20.4 Å². The van der Waals surface area contributed by atoms with Gasteiger partial charge in [-0.2, -0.15) is 0 Å². The summed E-state index contributed by atoms with van der Waals surface area (Å²) in [7, 11) is 4.96. The molecule has 1 radical (unpaired) electrons. The summed E-state index contributed by atoms with van der Waals surface area (Å²) < 4.78 is 22.5. The topological polar surface area (TPSA) is 29.7 Å². The van der Waals surface area contributed by atoms with Gasteiger partial charge in [0.2, 0.25) is 0 Å². The summed E-state index contributed by atoms with van der Waals surface area (Å²) in [6.07, 6.45) is 0. The van der Waals surface area contributed by atoms with Crippen molar-refractivity contribution < 1.29 is 4.39 Å². The summed E-state index contributed by atoms with van der Waals surface area (Å²) in [4.78, 5) is 3.34. The third-order valence-corrected chi connectivity index (χ3v) is 7.98. The van der Waals surface area contributed by atoms with Crippen LogP contribution < -0.4 is 4.33 Å². The van der Waals surface area contributed by atoms with E-state index in [2.05, 4.69) is 8.34 Å². The molecule has 3 heterocycles. The Morgan fingerprint density at radius 2 is 2.07 bits per heavy atom. The van der Waals surface area contributed by atoms with E-state index in [4.69, 9.17) is 0 Å². The molecule has 3 rings (SSSR count). The fourth-order valence-corrected chi connectivity index (χ4v) is 7.85. The molecule has 8 heteroatoms. The Bertz CT molecular complexity index is 406. The molecule has 0 saturated heterocycles. The Labute approximate surface area is 99.9 Å². The van der Waals surface area contributed by atoms with E-state index in [0.29, 0.717) is 9.81 Å². The van der Waals surface area contributed by atoms with E-state index in [0.717, 1.165) is 11.7 Å². The monoisotopic (exact) mass is 360 g/mol. The second-order valence-electron chi connectivity index (χ2n) is 2.68. The van der Waals surface area contributed by atoms with Crippen LogP contribution in [0, 0.1) is 0 Å². The number of amidine groups is 1. The van der Waals surface area contributed by atoms with Crippen LogP contribution in [0.1, 0.15) is 0 Å². The van der Waals surface area contributed by atoms with Crippen LogP contribution in [0.2, 0.25) is 0 Å². The summed E-state index contributed by atoms with van der Waals surface area (Å²) in [6.45, 7) is 0. The standard InChI is InChI=1S/C6H3FN3S2Se2/c1-10-5-3(11-13-8-5)2(7)4-6(10)9-14-12-4/h1H3. The number of allylic oxidation sites excluding steroid dienone is 1. The predicted octanol–water partition coefficient (Wildman–Crippen LogP) is 0.847. The molecule has 0 unspecified atom stereocenters. The second kappa shape index (κ2) is 3.47. The summed E-state index contributed by atoms with van der Waals surface area (Å²) >= 11 is 0.206. The van der Waals surface area contributed by atoms with Crippen LogP contribution in [0.5, 0.6) is 0 Å². The molecule has 0 amide bonds. The summed E-state index contributed by atoms with van der Waals surface area (Å²) in [6, 6.07) is 0. The van der Waals surface area contributed by atoms with Gasteiger partial charge in [-0.05, 0) is 0 Å². The Morgan fingerprint density at radius 1 is 1.29 bits per heavy atom. The van der Waals surface area contributed by atoms with Gasteiger partial charge in [0.05, 0.1) is 0 Å². The molecule has 0 atom stereocenters. The molecule has 0 spiro atoms. The molecule has 0 bridgehead atoms. The van der Waals surface area contributed by atoms with Crippen molar-refractivity contribution in [1.29, 1.82) is 0 Å². The van der Waals surface area contributed by atoms with Crippen molar-refractivity contribution in [2.45, 2.75) is 0 Å². The first kappa shape index (κ1) is 9.63. The van der Waals surface area contributed by atoms with Crippen LogP contribution in [0.15, 0.2) is 25.5 Å². The van der Waals surface area contributed by atoms with Crippen molar-refractivity contribution in [3.8, 4) is 0 Å². The molecule has 3 aliphatic heterocycles. The van der Waals surface area contributed by atoms with Gasteiger partial charge in [0, 0.05) is 0 Å². The van der Waals surface area contributed by atoms with Crippen molar-refractivity contribution in [3.05, 3.63) is 21.5 Å². The molecule has 14 heavy (non-hydrogen) atoms. The van der Waals surface area contributed by atoms with Crippen molar-refractivity contribution in [3.63, 3.8) is 0 Å². The Hall–Kier alpha value is 0.419.